The van der Waals surface area contributed by atoms with Gasteiger partial charge in [0.1, 0.15) is 17.3 Å². The first kappa shape index (κ1) is 16.2. The summed E-state index contributed by atoms with van der Waals surface area (Å²) >= 11 is 0. The molecule has 1 aliphatic heterocycles. The van der Waals surface area contributed by atoms with E-state index < -0.39 is 10.2 Å². The number of furan rings is 1. The summed E-state index contributed by atoms with van der Waals surface area (Å²) in [7, 11) is -3.60. The lowest BCUT2D eigenvalue weighted by atomic mass is 10.2. The van der Waals surface area contributed by atoms with Gasteiger partial charge in [-0.15, -0.1) is 0 Å². The fourth-order valence-corrected chi connectivity index (χ4v) is 4.35. The van der Waals surface area contributed by atoms with Gasteiger partial charge in [0.25, 0.3) is 10.2 Å². The van der Waals surface area contributed by atoms with Gasteiger partial charge in [-0.25, -0.2) is 0 Å². The molecule has 0 amide bonds. The molecule has 1 saturated heterocycles. The monoisotopic (exact) mass is 339 g/mol. The van der Waals surface area contributed by atoms with Crippen LogP contribution in [0.15, 0.2) is 21.1 Å². The highest BCUT2D eigenvalue weighted by atomic mass is 32.2. The van der Waals surface area contributed by atoms with Crippen molar-refractivity contribution >= 4 is 10.2 Å². The molecule has 7 nitrogen and oxygen atoms in total. The lowest BCUT2D eigenvalue weighted by Gasteiger charge is -2.22. The van der Waals surface area contributed by atoms with Crippen LogP contribution in [0, 0.1) is 20.8 Å². The highest BCUT2D eigenvalue weighted by Crippen LogP contribution is 2.34. The van der Waals surface area contributed by atoms with Gasteiger partial charge in [-0.1, -0.05) is 5.16 Å². The minimum Gasteiger partial charge on any atom is -0.465 e. The fraction of sp³-hybridized carbons (Fsp3) is 0.533. The zero-order chi connectivity index (χ0) is 16.6. The maximum atomic E-state index is 12.7. The van der Waals surface area contributed by atoms with E-state index in [1.165, 1.54) is 4.31 Å². The van der Waals surface area contributed by atoms with Gasteiger partial charge < -0.3 is 8.94 Å². The summed E-state index contributed by atoms with van der Waals surface area (Å²) in [4.78, 5) is 0. The summed E-state index contributed by atoms with van der Waals surface area (Å²) in [6, 6.07) is 3.46. The minimum atomic E-state index is -3.60. The van der Waals surface area contributed by atoms with E-state index in [1.807, 2.05) is 19.1 Å². The Balaban J connectivity index is 1.76. The van der Waals surface area contributed by atoms with Gasteiger partial charge in [0.05, 0.1) is 11.7 Å². The first-order valence-corrected chi connectivity index (χ1v) is 9.07. The zero-order valence-corrected chi connectivity index (χ0v) is 14.3. The third-order valence-electron chi connectivity index (χ3n) is 4.21. The van der Waals surface area contributed by atoms with E-state index in [4.69, 9.17) is 8.94 Å². The van der Waals surface area contributed by atoms with Crippen LogP contribution in [0.3, 0.4) is 0 Å². The molecule has 23 heavy (non-hydrogen) atoms. The third-order valence-corrected chi connectivity index (χ3v) is 5.78. The van der Waals surface area contributed by atoms with Crippen molar-refractivity contribution in [3.05, 3.63) is 40.7 Å². The van der Waals surface area contributed by atoms with Crippen molar-refractivity contribution in [2.75, 3.05) is 6.54 Å². The maximum Gasteiger partial charge on any atom is 0.280 e. The molecule has 0 aromatic carbocycles. The Morgan fingerprint density at radius 3 is 2.74 bits per heavy atom. The molecule has 1 fully saturated rings. The second-order valence-corrected chi connectivity index (χ2v) is 7.55. The Bertz CT molecular complexity index is 774. The molecule has 0 radical (unpaired) electrons. The number of aryl methyl sites for hydroxylation is 3. The fourth-order valence-electron chi connectivity index (χ4n) is 2.95. The first-order chi connectivity index (χ1) is 10.9. The molecule has 2 aromatic heterocycles. The van der Waals surface area contributed by atoms with Crippen LogP contribution in [0.2, 0.25) is 0 Å². The molecule has 2 aromatic rings. The first-order valence-electron chi connectivity index (χ1n) is 7.63. The van der Waals surface area contributed by atoms with Gasteiger partial charge in [-0.3, -0.25) is 0 Å². The molecule has 1 atom stereocenters. The van der Waals surface area contributed by atoms with Crippen molar-refractivity contribution in [1.29, 1.82) is 0 Å². The van der Waals surface area contributed by atoms with Gasteiger partial charge in [0, 0.05) is 18.7 Å². The summed E-state index contributed by atoms with van der Waals surface area (Å²) < 4.78 is 40.1. The Morgan fingerprint density at radius 2 is 2.13 bits per heavy atom. The normalized spacial score (nSPS) is 19.5. The predicted octanol–water partition coefficient (Wildman–Crippen LogP) is 2.36. The standard InChI is InChI=1S/C15H21N3O4S/c1-10-6-7-15(21-10)14-5-4-8-18(14)23(19,20)16-9-13-11(2)17-22-12(13)3/h6-7,14,16H,4-5,8-9H2,1-3H3. The second kappa shape index (κ2) is 6.10. The average molecular weight is 339 g/mol. The molecule has 1 aliphatic rings. The highest BCUT2D eigenvalue weighted by Gasteiger charge is 2.36. The van der Waals surface area contributed by atoms with Gasteiger partial charge in [-0.05, 0) is 45.7 Å². The average Bonchev–Trinajstić information content (AvgIpc) is 3.18. The molecule has 0 spiro atoms. The van der Waals surface area contributed by atoms with Crippen molar-refractivity contribution in [2.24, 2.45) is 0 Å². The number of nitrogens with zero attached hydrogens (tertiary/aromatic N) is 2. The summed E-state index contributed by atoms with van der Waals surface area (Å²) in [6.45, 7) is 6.08. The van der Waals surface area contributed by atoms with Gasteiger partial charge >= 0.3 is 0 Å². The molecular weight excluding hydrogens is 318 g/mol. The van der Waals surface area contributed by atoms with E-state index in [1.54, 1.807) is 13.8 Å². The van der Waals surface area contributed by atoms with E-state index in [9.17, 15) is 8.42 Å². The topological polar surface area (TPSA) is 88.6 Å². The minimum absolute atomic E-state index is 0.171. The summed E-state index contributed by atoms with van der Waals surface area (Å²) in [5, 5.41) is 3.84. The zero-order valence-electron chi connectivity index (χ0n) is 13.5. The van der Waals surface area contributed by atoms with Crippen molar-refractivity contribution in [2.45, 2.75) is 46.2 Å². The Labute approximate surface area is 135 Å². The van der Waals surface area contributed by atoms with Crippen molar-refractivity contribution < 1.29 is 17.4 Å². The van der Waals surface area contributed by atoms with Crippen molar-refractivity contribution in [3.8, 4) is 0 Å². The van der Waals surface area contributed by atoms with Crippen LogP contribution in [0.5, 0.6) is 0 Å². The van der Waals surface area contributed by atoms with Crippen LogP contribution in [0.25, 0.3) is 0 Å². The van der Waals surface area contributed by atoms with Crippen LogP contribution in [-0.4, -0.2) is 24.4 Å². The molecular formula is C15H21N3O4S. The molecule has 0 bridgehead atoms. The van der Waals surface area contributed by atoms with E-state index in [2.05, 4.69) is 9.88 Å². The number of nitrogens with one attached hydrogen (secondary N) is 1. The smallest absolute Gasteiger partial charge is 0.280 e. The van der Waals surface area contributed by atoms with E-state index in [-0.39, 0.29) is 12.6 Å². The van der Waals surface area contributed by atoms with Gasteiger partial charge in [0.15, 0.2) is 0 Å². The van der Waals surface area contributed by atoms with Crippen molar-refractivity contribution in [3.63, 3.8) is 0 Å². The Morgan fingerprint density at radius 1 is 1.35 bits per heavy atom. The number of aromatic nitrogens is 1. The van der Waals surface area contributed by atoms with Crippen LogP contribution in [-0.2, 0) is 16.8 Å². The predicted molar refractivity (Wildman–Crippen MR) is 83.9 cm³/mol. The third kappa shape index (κ3) is 3.19. The molecule has 8 heteroatoms. The number of hydrogen-bond acceptors (Lipinski definition) is 5. The summed E-state index contributed by atoms with van der Waals surface area (Å²) in [5.74, 6) is 2.11. The summed E-state index contributed by atoms with van der Waals surface area (Å²) in [6.07, 6.45) is 1.58. The lowest BCUT2D eigenvalue weighted by molar-refractivity contribution is 0.330. The number of hydrogen-bond donors (Lipinski definition) is 1. The molecule has 1 N–H and O–H groups in total. The van der Waals surface area contributed by atoms with E-state index >= 15 is 0 Å². The number of rotatable bonds is 5. The SMILES string of the molecule is Cc1ccc(C2CCCN2S(=O)(=O)NCc2c(C)noc2C)o1. The maximum absolute atomic E-state index is 12.7. The lowest BCUT2D eigenvalue weighted by Crippen LogP contribution is -2.40. The Hall–Kier alpha value is -1.64. The molecule has 3 heterocycles. The van der Waals surface area contributed by atoms with E-state index in [0.29, 0.717) is 23.8 Å². The summed E-state index contributed by atoms with van der Waals surface area (Å²) in [5.41, 5.74) is 1.47. The Kier molecular flexibility index (Phi) is 4.31. The van der Waals surface area contributed by atoms with Crippen LogP contribution in [0.4, 0.5) is 0 Å². The largest absolute Gasteiger partial charge is 0.465 e. The quantitative estimate of drug-likeness (QED) is 0.903. The molecule has 1 unspecified atom stereocenters. The molecule has 3 rings (SSSR count). The second-order valence-electron chi connectivity index (χ2n) is 5.85. The van der Waals surface area contributed by atoms with Crippen LogP contribution in [0.1, 0.15) is 47.4 Å². The van der Waals surface area contributed by atoms with Gasteiger partial charge in [0.2, 0.25) is 0 Å². The van der Waals surface area contributed by atoms with Gasteiger partial charge in [-0.2, -0.15) is 17.4 Å². The van der Waals surface area contributed by atoms with E-state index in [0.717, 1.165) is 24.2 Å². The molecule has 126 valence electrons. The molecule has 0 saturated carbocycles. The van der Waals surface area contributed by atoms with Crippen LogP contribution >= 0.6 is 0 Å². The van der Waals surface area contributed by atoms with Crippen molar-refractivity contribution in [1.82, 2.24) is 14.2 Å². The van der Waals surface area contributed by atoms with Crippen LogP contribution < -0.4 is 4.72 Å². The molecule has 0 aliphatic carbocycles. The highest BCUT2D eigenvalue weighted by molar-refractivity contribution is 7.87.